The number of para-hydroxylation sites is 1. The molecule has 732 valence electrons. The van der Waals surface area contributed by atoms with E-state index < -0.39 is 29.4 Å². The Kier molecular flexibility index (Phi) is 29.3. The van der Waals surface area contributed by atoms with Gasteiger partial charge < -0.3 is 62.0 Å². The summed E-state index contributed by atoms with van der Waals surface area (Å²) in [6, 6.07) is 70.2. The number of aromatic nitrogens is 15. The zero-order valence-corrected chi connectivity index (χ0v) is 77.9. The van der Waals surface area contributed by atoms with Crippen LogP contribution in [0.1, 0.15) is 78.8 Å². The molecule has 0 saturated carbocycles. The van der Waals surface area contributed by atoms with Crippen LogP contribution in [0.25, 0.3) is 76.4 Å². The Morgan fingerprint density at radius 2 is 0.747 bits per heavy atom. The van der Waals surface area contributed by atoms with E-state index in [2.05, 4.69) is 132 Å². The van der Waals surface area contributed by atoms with Crippen LogP contribution in [0.4, 0.5) is 85.8 Å². The first-order valence-corrected chi connectivity index (χ1v) is 44.9. The molecule has 9 heterocycles. The second-order valence-electron chi connectivity index (χ2n) is 32.0. The lowest BCUT2D eigenvalue weighted by atomic mass is 10.0. The largest absolute Gasteiger partial charge is 0.505 e. The second-order valence-corrected chi connectivity index (χ2v) is 32.0. The monoisotopic (exact) mass is 1990 g/mol. The fourth-order valence-electron chi connectivity index (χ4n) is 15.4. The van der Waals surface area contributed by atoms with Crippen molar-refractivity contribution >= 4 is 171 Å². The van der Waals surface area contributed by atoms with Gasteiger partial charge in [0, 0.05) is 88.0 Å². The standard InChI is InChI=1S/C28H18N8O3.C27H20N8O4.C26H19N7O4.C25H17N7O3/c1-29-22-15-31-36(23-8-4-5-11-30-23)27(22)35-34-25-19-7-3-2-6-16(19)12-20(26(25)38)28(39)32-18-10-9-17-13-24(37)33-21(17)14-18;1-28-20-14-31-35(27-29-11-4-12-30-27)25(20)34-33-23-22-17(5-3-6-21(22)39-2)13-19(24(23)37)26(38)32-18-9-7-16(15-36)8-10-18;34-14-16-6-8-19(9-7-16)30-25(37)21-12-17-4-1-2-5-20(17)22(23(21)36)31-32-24-18(15-35)13-29-33(24)26-27-10-3-11-28-26;33-15-17-14-28-32(25-26-11-6-12-27-25)23(17)31-30-21-19-10-5-4-7-16(19)13-20(22(21)34)24(35)29-18-8-2-1-3-9-18/h2-12,14-15,38H,13H2,(H,32,39)(H,33,37);3-14,36-37H,15H2,2H3,(H,32,38);1-13,15,34,36H,14H2,(H,30,37);1-15,34H,(H,29,35). The minimum absolute atomic E-state index is 0.0178. The predicted octanol–water partition coefficient (Wildman–Crippen LogP) is 20.6. The third kappa shape index (κ3) is 21.3. The number of rotatable bonds is 25. The number of ether oxygens (including phenoxy) is 1. The molecule has 0 unspecified atom stereocenters. The topological polar surface area (TPSA) is 579 Å². The summed E-state index contributed by atoms with van der Waals surface area (Å²) in [4.78, 5) is 123. The van der Waals surface area contributed by atoms with Gasteiger partial charge in [0.15, 0.2) is 64.7 Å². The molecule has 0 spiro atoms. The number of aldehydes is 2. The van der Waals surface area contributed by atoms with Crippen LogP contribution in [0.5, 0.6) is 28.7 Å². The Morgan fingerprint density at radius 1 is 0.387 bits per heavy atom. The van der Waals surface area contributed by atoms with Crippen LogP contribution < -0.4 is 31.3 Å². The van der Waals surface area contributed by atoms with Crippen LogP contribution in [0.3, 0.4) is 0 Å². The van der Waals surface area contributed by atoms with E-state index in [1.54, 1.807) is 237 Å². The van der Waals surface area contributed by atoms with Crippen molar-refractivity contribution in [1.82, 2.24) is 74.0 Å². The quantitative estimate of drug-likeness (QED) is 0.0144. The van der Waals surface area contributed by atoms with Crippen molar-refractivity contribution < 1.29 is 68.9 Å². The van der Waals surface area contributed by atoms with Crippen molar-refractivity contribution in [3.05, 3.63) is 390 Å². The highest BCUT2D eigenvalue weighted by Crippen LogP contribution is 2.48. The molecule has 1 aliphatic rings. The first kappa shape index (κ1) is 98.1. The number of hydrogen-bond donors (Lipinski definition) is 11. The number of azo groups is 4. The van der Waals surface area contributed by atoms with Gasteiger partial charge in [0.1, 0.15) is 28.5 Å². The number of amides is 5. The second kappa shape index (κ2) is 44.8. The Hall–Kier alpha value is -22.1. The minimum atomic E-state index is -0.588. The lowest BCUT2D eigenvalue weighted by Crippen LogP contribution is -2.12. The van der Waals surface area contributed by atoms with Gasteiger partial charge in [0.2, 0.25) is 5.91 Å². The van der Waals surface area contributed by atoms with Gasteiger partial charge in [-0.1, -0.05) is 140 Å². The number of carbonyl (C=O) groups excluding carboxylic acids is 7. The molecule has 12 aromatic carbocycles. The summed E-state index contributed by atoms with van der Waals surface area (Å²) >= 11 is 0. The van der Waals surface area contributed by atoms with Crippen LogP contribution in [0, 0.1) is 13.1 Å². The number of phenols is 4. The number of pyridine rings is 1. The zero-order chi connectivity index (χ0) is 104. The maximum absolute atomic E-state index is 13.3. The Bertz CT molecular complexity index is 8830. The average molecular weight is 1990 g/mol. The lowest BCUT2D eigenvalue weighted by molar-refractivity contribution is -0.115. The molecule has 0 saturated heterocycles. The van der Waals surface area contributed by atoms with E-state index in [-0.39, 0.29) is 151 Å². The number of aromatic hydroxyl groups is 4. The SMILES string of the molecule is O=Cc1cnn(-c2ncccn2)c1N=Nc1c(O)c(C(=O)Nc2ccc(CO)cc2)cc2ccccc12.O=Cc1cnn(-c2ncccn2)c1N=Nc1c(O)c(C(=O)Nc2ccccc2)cc2ccccc12.[C-]#[N+]c1cnn(-c2ccccn2)c1N=Nc1c(O)c(C(=O)Nc2ccc3c(c2)NC(=O)C3)cc2ccccc12.[C-]#[N+]c1cnn(-c2ncccn2)c1N=Nc1c(O)c(C(=O)Nc2ccc(CO)cc2)cc2cccc(OC)c12. The van der Waals surface area contributed by atoms with E-state index in [9.17, 15) is 64.2 Å². The molecule has 0 radical (unpaired) electrons. The number of carbonyl (C=O) groups is 7. The average Bonchev–Trinajstić information content (AvgIpc) is 1.06. The van der Waals surface area contributed by atoms with Crippen LogP contribution in [-0.4, -0.2) is 154 Å². The zero-order valence-electron chi connectivity index (χ0n) is 77.9. The normalized spacial score (nSPS) is 11.4. The summed E-state index contributed by atoms with van der Waals surface area (Å²) in [6.45, 7) is 14.8. The van der Waals surface area contributed by atoms with Crippen molar-refractivity contribution in [2.75, 3.05) is 33.7 Å². The van der Waals surface area contributed by atoms with E-state index in [4.69, 9.17) is 17.9 Å². The maximum atomic E-state index is 13.3. The highest BCUT2D eigenvalue weighted by molar-refractivity contribution is 6.16. The predicted molar refractivity (Wildman–Crippen MR) is 550 cm³/mol. The summed E-state index contributed by atoms with van der Waals surface area (Å²) in [5, 5.41) is 132. The van der Waals surface area contributed by atoms with Crippen LogP contribution in [0.2, 0.25) is 0 Å². The summed E-state index contributed by atoms with van der Waals surface area (Å²) in [7, 11) is 1.47. The highest BCUT2D eigenvalue weighted by Gasteiger charge is 2.29. The number of anilines is 5. The number of aliphatic hydroxyl groups excluding tert-OH is 2. The van der Waals surface area contributed by atoms with E-state index >= 15 is 0 Å². The highest BCUT2D eigenvalue weighted by atomic mass is 16.5. The number of nitrogens with one attached hydrogen (secondary N) is 5. The Labute approximate surface area is 845 Å². The van der Waals surface area contributed by atoms with Gasteiger partial charge in [-0.05, 0) is 147 Å². The van der Waals surface area contributed by atoms with Crippen molar-refractivity contribution in [2.45, 2.75) is 19.6 Å². The molecule has 0 atom stereocenters. The van der Waals surface area contributed by atoms with Crippen LogP contribution in [-0.2, 0) is 24.4 Å². The molecule has 20 aromatic rings. The van der Waals surface area contributed by atoms with Crippen LogP contribution >= 0.6 is 0 Å². The first-order chi connectivity index (χ1) is 73.3. The fraction of sp³-hybridized carbons (Fsp3) is 0.0377. The molecule has 11 N–H and O–H groups in total. The molecular weight excluding hydrogens is 1920 g/mol. The smallest absolute Gasteiger partial charge is 0.259 e. The van der Waals surface area contributed by atoms with Gasteiger partial charge in [-0.25, -0.2) is 49.3 Å². The van der Waals surface area contributed by atoms with E-state index in [1.165, 1.54) is 93.9 Å². The number of methoxy groups -OCH3 is 1. The van der Waals surface area contributed by atoms with Gasteiger partial charge >= 0.3 is 0 Å². The summed E-state index contributed by atoms with van der Waals surface area (Å²) in [6.07, 6.45) is 17.5. The Morgan fingerprint density at radius 3 is 1.17 bits per heavy atom. The van der Waals surface area contributed by atoms with Crippen molar-refractivity contribution in [2.24, 2.45) is 40.9 Å². The molecule has 150 heavy (non-hydrogen) atoms. The van der Waals surface area contributed by atoms with E-state index in [1.807, 2.05) is 12.1 Å². The minimum Gasteiger partial charge on any atom is -0.505 e. The van der Waals surface area contributed by atoms with E-state index in [0.29, 0.717) is 107 Å². The number of fused-ring (bicyclic) bond motifs is 5. The third-order valence-corrected chi connectivity index (χ3v) is 22.6. The molecular formula is C106H74N30O14. The van der Waals surface area contributed by atoms with Crippen molar-refractivity contribution in [1.29, 1.82) is 0 Å². The first-order valence-electron chi connectivity index (χ1n) is 44.9. The van der Waals surface area contributed by atoms with E-state index in [0.717, 1.165) is 5.56 Å². The molecule has 44 heteroatoms. The number of phenolic OH excluding ortho intramolecular Hbond substituents is 4. The molecule has 21 rings (SSSR count). The Balaban J connectivity index is 0.000000131. The molecule has 5 amide bonds. The maximum Gasteiger partial charge on any atom is 0.259 e. The molecule has 1 aliphatic heterocycles. The molecule has 0 fully saturated rings. The molecule has 0 aliphatic carbocycles. The number of benzene rings is 12. The van der Waals surface area contributed by atoms with Gasteiger partial charge in [-0.3, -0.25) is 33.6 Å². The van der Waals surface area contributed by atoms with Gasteiger partial charge in [-0.15, -0.1) is 40.9 Å². The van der Waals surface area contributed by atoms with Gasteiger partial charge in [-0.2, -0.15) is 34.4 Å². The molecule has 0 bridgehead atoms. The lowest BCUT2D eigenvalue weighted by Gasteiger charge is -2.13. The van der Waals surface area contributed by atoms with Crippen molar-refractivity contribution in [3.63, 3.8) is 0 Å². The van der Waals surface area contributed by atoms with Crippen molar-refractivity contribution in [3.8, 4) is 52.4 Å². The summed E-state index contributed by atoms with van der Waals surface area (Å²) in [5.41, 5.74) is 5.45. The number of nitrogens with zero attached hydrogens (tertiary/aromatic N) is 25. The number of hydrogen-bond acceptors (Lipinski definition) is 33. The summed E-state index contributed by atoms with van der Waals surface area (Å²) in [5.74, 6) is -2.20. The van der Waals surface area contributed by atoms with Gasteiger partial charge in [0.05, 0.1) is 103 Å². The fourth-order valence-corrected chi connectivity index (χ4v) is 15.4. The summed E-state index contributed by atoms with van der Waals surface area (Å²) < 4.78 is 10.6. The third-order valence-electron chi connectivity index (χ3n) is 22.6. The molecule has 8 aromatic heterocycles. The van der Waals surface area contributed by atoms with Gasteiger partial charge in [0.25, 0.3) is 52.8 Å². The van der Waals surface area contributed by atoms with Crippen LogP contribution in [0.15, 0.2) is 358 Å². The number of aliphatic hydroxyl groups is 2. The molecule has 44 nitrogen and oxygen atoms in total.